The van der Waals surface area contributed by atoms with Crippen LogP contribution in [0.1, 0.15) is 19.2 Å². The van der Waals surface area contributed by atoms with E-state index >= 15 is 0 Å². The van der Waals surface area contributed by atoms with Crippen LogP contribution < -0.4 is 5.32 Å². The molecular formula is C8H15N5S. The van der Waals surface area contributed by atoms with Gasteiger partial charge in [-0.3, -0.25) is 0 Å². The van der Waals surface area contributed by atoms with Gasteiger partial charge in [-0.15, -0.1) is 5.10 Å². The van der Waals surface area contributed by atoms with Crippen molar-refractivity contribution < 1.29 is 0 Å². The van der Waals surface area contributed by atoms with Crippen molar-refractivity contribution in [3.63, 3.8) is 0 Å². The van der Waals surface area contributed by atoms with Gasteiger partial charge in [0.15, 0.2) is 5.82 Å². The Bertz CT molecular complexity index is 300. The van der Waals surface area contributed by atoms with Gasteiger partial charge in [-0.25, -0.2) is 4.68 Å². The summed E-state index contributed by atoms with van der Waals surface area (Å²) in [5.41, 5.74) is 0. The van der Waals surface area contributed by atoms with Crippen LogP contribution in [0.3, 0.4) is 0 Å². The van der Waals surface area contributed by atoms with Crippen molar-refractivity contribution in [3.8, 4) is 0 Å². The Labute approximate surface area is 87.6 Å². The van der Waals surface area contributed by atoms with Gasteiger partial charge in [0.2, 0.25) is 0 Å². The number of thioether (sulfide) groups is 1. The van der Waals surface area contributed by atoms with Crippen LogP contribution in [-0.2, 0) is 13.6 Å². The minimum Gasteiger partial charge on any atom is -0.306 e. The molecular weight excluding hydrogens is 198 g/mol. The lowest BCUT2D eigenvalue weighted by atomic mass is 10.2. The van der Waals surface area contributed by atoms with Gasteiger partial charge in [-0.2, -0.15) is 11.8 Å². The van der Waals surface area contributed by atoms with E-state index in [1.807, 2.05) is 18.8 Å². The van der Waals surface area contributed by atoms with Gasteiger partial charge in [0, 0.05) is 18.3 Å². The summed E-state index contributed by atoms with van der Waals surface area (Å²) in [4.78, 5) is 0. The lowest BCUT2D eigenvalue weighted by Crippen LogP contribution is -2.33. The number of aromatic nitrogens is 4. The number of nitrogens with zero attached hydrogens (tertiary/aromatic N) is 4. The van der Waals surface area contributed by atoms with E-state index in [0.29, 0.717) is 11.3 Å². The summed E-state index contributed by atoms with van der Waals surface area (Å²) in [6, 6.07) is 0.608. The quantitative estimate of drug-likeness (QED) is 0.777. The van der Waals surface area contributed by atoms with Gasteiger partial charge >= 0.3 is 0 Å². The third-order valence-electron chi connectivity index (χ3n) is 2.61. The number of nitrogens with one attached hydrogen (secondary N) is 1. The molecule has 1 fully saturated rings. The Hall–Kier alpha value is -0.620. The van der Waals surface area contributed by atoms with Crippen molar-refractivity contribution in [2.75, 3.05) is 5.75 Å². The van der Waals surface area contributed by atoms with Crippen LogP contribution in [0.25, 0.3) is 0 Å². The fourth-order valence-corrected chi connectivity index (χ4v) is 2.85. The summed E-state index contributed by atoms with van der Waals surface area (Å²) in [6.45, 7) is 3.03. The molecule has 2 rings (SSSR count). The normalized spacial score (nSPS) is 27.0. The molecule has 2 heterocycles. The van der Waals surface area contributed by atoms with E-state index in [0.717, 1.165) is 12.4 Å². The summed E-state index contributed by atoms with van der Waals surface area (Å²) >= 11 is 2.03. The van der Waals surface area contributed by atoms with E-state index in [4.69, 9.17) is 0 Å². The first-order valence-corrected chi connectivity index (χ1v) is 5.88. The second-order valence-corrected chi connectivity index (χ2v) is 5.06. The highest BCUT2D eigenvalue weighted by atomic mass is 32.2. The lowest BCUT2D eigenvalue weighted by Gasteiger charge is -2.15. The second kappa shape index (κ2) is 4.27. The Kier molecular flexibility index (Phi) is 3.02. The van der Waals surface area contributed by atoms with Crippen molar-refractivity contribution >= 4 is 11.8 Å². The second-order valence-electron chi connectivity index (χ2n) is 3.57. The van der Waals surface area contributed by atoms with E-state index in [2.05, 4.69) is 27.8 Å². The Morgan fingerprint density at radius 3 is 3.07 bits per heavy atom. The number of hydrogen-bond acceptors (Lipinski definition) is 5. The molecule has 14 heavy (non-hydrogen) atoms. The molecule has 5 nitrogen and oxygen atoms in total. The van der Waals surface area contributed by atoms with E-state index in [1.165, 1.54) is 12.2 Å². The summed E-state index contributed by atoms with van der Waals surface area (Å²) in [6.07, 6.45) is 1.25. The standard InChI is InChI=1S/C8H15N5S/c1-6-7(3-4-14-6)9-5-8-10-11-12-13(8)2/h6-7,9H,3-5H2,1-2H3. The topological polar surface area (TPSA) is 55.6 Å². The summed E-state index contributed by atoms with van der Waals surface area (Å²) in [5.74, 6) is 2.16. The maximum Gasteiger partial charge on any atom is 0.164 e. The zero-order valence-electron chi connectivity index (χ0n) is 8.47. The predicted octanol–water partition coefficient (Wildman–Crippen LogP) is 0.194. The Balaban J connectivity index is 1.85. The van der Waals surface area contributed by atoms with E-state index in [1.54, 1.807) is 4.68 Å². The van der Waals surface area contributed by atoms with Crippen molar-refractivity contribution in [1.82, 2.24) is 25.5 Å². The molecule has 2 atom stereocenters. The summed E-state index contributed by atoms with van der Waals surface area (Å²) in [7, 11) is 1.86. The Morgan fingerprint density at radius 1 is 1.64 bits per heavy atom. The molecule has 1 saturated heterocycles. The van der Waals surface area contributed by atoms with Crippen LogP contribution in [0.2, 0.25) is 0 Å². The largest absolute Gasteiger partial charge is 0.306 e. The molecule has 0 radical (unpaired) electrons. The van der Waals surface area contributed by atoms with E-state index < -0.39 is 0 Å². The SMILES string of the molecule is CC1SCCC1NCc1nnnn1C. The fourth-order valence-electron chi connectivity index (χ4n) is 1.62. The number of aryl methyl sites for hydroxylation is 1. The summed E-state index contributed by atoms with van der Waals surface area (Å²) in [5, 5.41) is 15.5. The molecule has 1 aromatic heterocycles. The average molecular weight is 213 g/mol. The highest BCUT2D eigenvalue weighted by Gasteiger charge is 2.23. The summed E-state index contributed by atoms with van der Waals surface area (Å²) < 4.78 is 1.71. The van der Waals surface area contributed by atoms with Crippen molar-refractivity contribution in [2.45, 2.75) is 31.2 Å². The Morgan fingerprint density at radius 2 is 2.50 bits per heavy atom. The van der Waals surface area contributed by atoms with Crippen molar-refractivity contribution in [2.24, 2.45) is 7.05 Å². The third kappa shape index (κ3) is 2.06. The van der Waals surface area contributed by atoms with Crippen LogP contribution in [0.15, 0.2) is 0 Å². The third-order valence-corrected chi connectivity index (χ3v) is 3.93. The molecule has 0 spiro atoms. The zero-order valence-corrected chi connectivity index (χ0v) is 9.29. The van der Waals surface area contributed by atoms with Gasteiger partial charge < -0.3 is 5.32 Å². The highest BCUT2D eigenvalue weighted by molar-refractivity contribution is 8.00. The smallest absolute Gasteiger partial charge is 0.164 e. The number of tetrazole rings is 1. The maximum atomic E-state index is 3.93. The van der Waals surface area contributed by atoms with Crippen molar-refractivity contribution in [1.29, 1.82) is 0 Å². The first-order chi connectivity index (χ1) is 6.77. The predicted molar refractivity (Wildman–Crippen MR) is 56.0 cm³/mol. The molecule has 1 aliphatic heterocycles. The van der Waals surface area contributed by atoms with Crippen LogP contribution in [-0.4, -0.2) is 37.3 Å². The molecule has 0 aliphatic carbocycles. The van der Waals surface area contributed by atoms with Crippen LogP contribution in [0, 0.1) is 0 Å². The zero-order chi connectivity index (χ0) is 9.97. The van der Waals surface area contributed by atoms with Gasteiger partial charge in [-0.05, 0) is 22.6 Å². The molecule has 6 heteroatoms. The number of rotatable bonds is 3. The highest BCUT2D eigenvalue weighted by Crippen LogP contribution is 2.26. The first-order valence-electron chi connectivity index (χ1n) is 4.83. The van der Waals surface area contributed by atoms with Gasteiger partial charge in [0.25, 0.3) is 0 Å². The van der Waals surface area contributed by atoms with Crippen LogP contribution in [0.4, 0.5) is 0 Å². The fraction of sp³-hybridized carbons (Fsp3) is 0.875. The molecule has 78 valence electrons. The molecule has 1 aromatic rings. The molecule has 0 bridgehead atoms. The van der Waals surface area contributed by atoms with Gasteiger partial charge in [0.05, 0.1) is 6.54 Å². The molecule has 0 amide bonds. The van der Waals surface area contributed by atoms with E-state index in [-0.39, 0.29) is 0 Å². The molecule has 1 N–H and O–H groups in total. The minimum atomic E-state index is 0.608. The van der Waals surface area contributed by atoms with Crippen LogP contribution >= 0.6 is 11.8 Å². The maximum absolute atomic E-state index is 3.93. The minimum absolute atomic E-state index is 0.608. The molecule has 1 aliphatic rings. The lowest BCUT2D eigenvalue weighted by molar-refractivity contribution is 0.493. The molecule has 2 unspecified atom stereocenters. The van der Waals surface area contributed by atoms with Gasteiger partial charge in [-0.1, -0.05) is 6.92 Å². The number of hydrogen-bond donors (Lipinski definition) is 1. The van der Waals surface area contributed by atoms with Crippen molar-refractivity contribution in [3.05, 3.63) is 5.82 Å². The first kappa shape index (κ1) is 9.92. The van der Waals surface area contributed by atoms with Crippen LogP contribution in [0.5, 0.6) is 0 Å². The van der Waals surface area contributed by atoms with Gasteiger partial charge in [0.1, 0.15) is 0 Å². The average Bonchev–Trinajstić information content (AvgIpc) is 2.72. The monoisotopic (exact) mass is 213 g/mol. The molecule has 0 saturated carbocycles. The van der Waals surface area contributed by atoms with E-state index in [9.17, 15) is 0 Å². The molecule has 0 aromatic carbocycles.